The van der Waals surface area contributed by atoms with Gasteiger partial charge < -0.3 is 4.42 Å². The van der Waals surface area contributed by atoms with E-state index in [0.717, 1.165) is 11.3 Å². The molecule has 2 aromatic rings. The fourth-order valence-corrected chi connectivity index (χ4v) is 1.19. The maximum Gasteiger partial charge on any atom is 0.181 e. The summed E-state index contributed by atoms with van der Waals surface area (Å²) in [4.78, 5) is 3.82. The molecule has 3 heteroatoms. The quantitative estimate of drug-likeness (QED) is 0.673. The van der Waals surface area contributed by atoms with E-state index in [1.54, 1.807) is 6.20 Å². The van der Waals surface area contributed by atoms with Gasteiger partial charge in [0.25, 0.3) is 0 Å². The highest BCUT2D eigenvalue weighted by Crippen LogP contribution is 2.21. The molecule has 2 nitrogen and oxygen atoms in total. The largest absolute Gasteiger partial charge is 0.444 e. The first-order chi connectivity index (χ1) is 5.86. The molecular formula is C9H6ClNO. The van der Waals surface area contributed by atoms with E-state index in [9.17, 15) is 0 Å². The van der Waals surface area contributed by atoms with Crippen molar-refractivity contribution >= 4 is 11.6 Å². The van der Waals surface area contributed by atoms with E-state index in [4.69, 9.17) is 16.0 Å². The molecular weight excluding hydrogens is 174 g/mol. The highest BCUT2D eigenvalue weighted by atomic mass is 35.5. The third kappa shape index (κ3) is 1.34. The molecule has 0 aliphatic heterocycles. The van der Waals surface area contributed by atoms with Gasteiger partial charge in [-0.15, -0.1) is 0 Å². The second-order valence-electron chi connectivity index (χ2n) is 2.38. The zero-order valence-corrected chi connectivity index (χ0v) is 6.95. The number of aromatic nitrogens is 1. The van der Waals surface area contributed by atoms with Gasteiger partial charge in [0, 0.05) is 10.6 Å². The number of benzene rings is 1. The van der Waals surface area contributed by atoms with Gasteiger partial charge in [0.2, 0.25) is 0 Å². The van der Waals surface area contributed by atoms with Crippen LogP contribution in [-0.4, -0.2) is 4.98 Å². The number of hydrogen-bond acceptors (Lipinski definition) is 2. The van der Waals surface area contributed by atoms with Gasteiger partial charge in [-0.25, -0.2) is 4.98 Å². The summed E-state index contributed by atoms with van der Waals surface area (Å²) in [6.07, 6.45) is 3.06. The molecule has 12 heavy (non-hydrogen) atoms. The topological polar surface area (TPSA) is 26.0 Å². The molecule has 2 rings (SSSR count). The summed E-state index contributed by atoms with van der Waals surface area (Å²) in [5, 5.41) is 0.698. The van der Waals surface area contributed by atoms with Gasteiger partial charge in [0.05, 0.1) is 6.20 Å². The molecule has 0 atom stereocenters. The Morgan fingerprint density at radius 3 is 2.92 bits per heavy atom. The van der Waals surface area contributed by atoms with Crippen LogP contribution in [0.2, 0.25) is 5.02 Å². The zero-order chi connectivity index (χ0) is 8.39. The van der Waals surface area contributed by atoms with Crippen LogP contribution in [0.25, 0.3) is 11.3 Å². The number of nitrogens with zero attached hydrogens (tertiary/aromatic N) is 1. The summed E-state index contributed by atoms with van der Waals surface area (Å²) in [5.74, 6) is 0.734. The minimum atomic E-state index is 0.698. The van der Waals surface area contributed by atoms with E-state index in [2.05, 4.69) is 4.98 Å². The third-order valence-electron chi connectivity index (χ3n) is 1.54. The van der Waals surface area contributed by atoms with Crippen molar-refractivity contribution in [1.29, 1.82) is 0 Å². The molecule has 0 spiro atoms. The molecule has 1 aromatic heterocycles. The van der Waals surface area contributed by atoms with Gasteiger partial charge in [0.15, 0.2) is 12.2 Å². The van der Waals surface area contributed by atoms with Gasteiger partial charge >= 0.3 is 0 Å². The van der Waals surface area contributed by atoms with Gasteiger partial charge in [0.1, 0.15) is 0 Å². The fourth-order valence-electron chi connectivity index (χ4n) is 1.00. The molecule has 0 saturated carbocycles. The van der Waals surface area contributed by atoms with Crippen LogP contribution in [0.15, 0.2) is 41.3 Å². The van der Waals surface area contributed by atoms with Crippen molar-refractivity contribution in [2.45, 2.75) is 0 Å². The molecule has 0 aliphatic carbocycles. The average Bonchev–Trinajstić information content (AvgIpc) is 2.56. The molecule has 0 aliphatic rings. The Morgan fingerprint density at radius 2 is 2.25 bits per heavy atom. The van der Waals surface area contributed by atoms with E-state index < -0.39 is 0 Å². The normalized spacial score (nSPS) is 10.1. The zero-order valence-electron chi connectivity index (χ0n) is 6.20. The first-order valence-electron chi connectivity index (χ1n) is 3.51. The van der Waals surface area contributed by atoms with E-state index >= 15 is 0 Å². The monoisotopic (exact) mass is 179 g/mol. The lowest BCUT2D eigenvalue weighted by atomic mass is 10.2. The smallest absolute Gasteiger partial charge is 0.181 e. The lowest BCUT2D eigenvalue weighted by molar-refractivity contribution is 0.572. The SMILES string of the molecule is Clc1cccc(-c2cnco2)c1. The van der Waals surface area contributed by atoms with E-state index in [1.807, 2.05) is 24.3 Å². The molecule has 0 amide bonds. The van der Waals surface area contributed by atoms with Crippen LogP contribution in [0.4, 0.5) is 0 Å². The van der Waals surface area contributed by atoms with Crippen molar-refractivity contribution < 1.29 is 4.42 Å². The Hall–Kier alpha value is -1.28. The van der Waals surface area contributed by atoms with Crippen LogP contribution >= 0.6 is 11.6 Å². The molecule has 0 saturated heterocycles. The molecule has 0 fully saturated rings. The summed E-state index contributed by atoms with van der Waals surface area (Å²) in [6, 6.07) is 7.45. The summed E-state index contributed by atoms with van der Waals surface area (Å²) >= 11 is 5.80. The highest BCUT2D eigenvalue weighted by Gasteiger charge is 2.00. The number of halogens is 1. The van der Waals surface area contributed by atoms with Gasteiger partial charge in [-0.05, 0) is 12.1 Å². The Kier molecular flexibility index (Phi) is 1.84. The standard InChI is InChI=1S/C9H6ClNO/c10-8-3-1-2-7(4-8)9-5-11-6-12-9/h1-6H. The van der Waals surface area contributed by atoms with E-state index in [-0.39, 0.29) is 0 Å². The minimum absolute atomic E-state index is 0.698. The van der Waals surface area contributed by atoms with Gasteiger partial charge in [-0.1, -0.05) is 23.7 Å². The summed E-state index contributed by atoms with van der Waals surface area (Å²) in [7, 11) is 0. The molecule has 1 aromatic carbocycles. The number of hydrogen-bond donors (Lipinski definition) is 0. The Morgan fingerprint density at radius 1 is 1.33 bits per heavy atom. The summed E-state index contributed by atoms with van der Waals surface area (Å²) < 4.78 is 5.10. The predicted molar refractivity (Wildman–Crippen MR) is 46.9 cm³/mol. The van der Waals surface area contributed by atoms with Crippen LogP contribution in [-0.2, 0) is 0 Å². The Balaban J connectivity index is 2.48. The van der Waals surface area contributed by atoms with Crippen LogP contribution in [0, 0.1) is 0 Å². The van der Waals surface area contributed by atoms with Crippen LogP contribution < -0.4 is 0 Å². The molecule has 0 unspecified atom stereocenters. The van der Waals surface area contributed by atoms with Crippen molar-refractivity contribution in [2.24, 2.45) is 0 Å². The number of rotatable bonds is 1. The van der Waals surface area contributed by atoms with E-state index in [1.165, 1.54) is 6.39 Å². The van der Waals surface area contributed by atoms with Crippen molar-refractivity contribution in [2.75, 3.05) is 0 Å². The molecule has 0 N–H and O–H groups in total. The first kappa shape index (κ1) is 7.37. The van der Waals surface area contributed by atoms with Crippen LogP contribution in [0.3, 0.4) is 0 Å². The first-order valence-corrected chi connectivity index (χ1v) is 3.88. The van der Waals surface area contributed by atoms with E-state index in [0.29, 0.717) is 5.02 Å². The summed E-state index contributed by atoms with van der Waals surface area (Å²) in [5.41, 5.74) is 0.944. The lowest BCUT2D eigenvalue weighted by Gasteiger charge is -1.94. The fraction of sp³-hybridized carbons (Fsp3) is 0. The average molecular weight is 180 g/mol. The van der Waals surface area contributed by atoms with Gasteiger partial charge in [-0.2, -0.15) is 0 Å². The minimum Gasteiger partial charge on any atom is -0.444 e. The van der Waals surface area contributed by atoms with Crippen LogP contribution in [0.5, 0.6) is 0 Å². The maximum absolute atomic E-state index is 5.80. The maximum atomic E-state index is 5.80. The Bertz CT molecular complexity index is 370. The van der Waals surface area contributed by atoms with Gasteiger partial charge in [-0.3, -0.25) is 0 Å². The van der Waals surface area contributed by atoms with Crippen molar-refractivity contribution in [3.05, 3.63) is 41.9 Å². The molecule has 0 radical (unpaired) electrons. The molecule has 1 heterocycles. The predicted octanol–water partition coefficient (Wildman–Crippen LogP) is 3.00. The van der Waals surface area contributed by atoms with Crippen molar-refractivity contribution in [1.82, 2.24) is 4.98 Å². The van der Waals surface area contributed by atoms with Crippen molar-refractivity contribution in [3.63, 3.8) is 0 Å². The number of oxazole rings is 1. The van der Waals surface area contributed by atoms with Crippen LogP contribution in [0.1, 0.15) is 0 Å². The lowest BCUT2D eigenvalue weighted by Crippen LogP contribution is -1.72. The highest BCUT2D eigenvalue weighted by molar-refractivity contribution is 6.30. The third-order valence-corrected chi connectivity index (χ3v) is 1.78. The van der Waals surface area contributed by atoms with Crippen molar-refractivity contribution in [3.8, 4) is 11.3 Å². The Labute approximate surface area is 74.8 Å². The second kappa shape index (κ2) is 2.99. The second-order valence-corrected chi connectivity index (χ2v) is 2.81. The summed E-state index contributed by atoms with van der Waals surface area (Å²) in [6.45, 7) is 0. The molecule has 60 valence electrons. The molecule has 0 bridgehead atoms.